The van der Waals surface area contributed by atoms with Crippen molar-refractivity contribution in [3.8, 4) is 0 Å². The molecule has 1 N–H and O–H groups in total. The molecule has 0 bridgehead atoms. The van der Waals surface area contributed by atoms with Crippen LogP contribution in [0, 0.1) is 13.8 Å². The van der Waals surface area contributed by atoms with E-state index in [1.807, 2.05) is 46.8 Å². The lowest BCUT2D eigenvalue weighted by molar-refractivity contribution is -0.149. The van der Waals surface area contributed by atoms with Crippen molar-refractivity contribution in [1.82, 2.24) is 4.57 Å². The summed E-state index contributed by atoms with van der Waals surface area (Å²) >= 11 is 0. The van der Waals surface area contributed by atoms with Crippen LogP contribution in [0.2, 0.25) is 0 Å². The van der Waals surface area contributed by atoms with Gasteiger partial charge in [-0.1, -0.05) is 38.0 Å². The number of carboxylic acids is 1. The van der Waals surface area contributed by atoms with Crippen LogP contribution in [0.25, 0.3) is 10.9 Å². The van der Waals surface area contributed by atoms with Gasteiger partial charge in [0.15, 0.2) is 0 Å². The van der Waals surface area contributed by atoms with Crippen LogP contribution in [0.3, 0.4) is 0 Å². The summed E-state index contributed by atoms with van der Waals surface area (Å²) in [7, 11) is 0. The lowest BCUT2D eigenvalue weighted by atomic mass is 9.99. The van der Waals surface area contributed by atoms with E-state index in [1.54, 1.807) is 31.2 Å². The predicted molar refractivity (Wildman–Crippen MR) is 135 cm³/mol. The minimum atomic E-state index is -0.945. The van der Waals surface area contributed by atoms with Gasteiger partial charge in [0.05, 0.1) is 11.1 Å². The molecule has 0 saturated carbocycles. The number of aryl methyl sites for hydroxylation is 1. The monoisotopic (exact) mass is 447 g/mol. The molecule has 0 spiro atoms. The molecule has 5 nitrogen and oxygen atoms in total. The molecule has 0 aliphatic carbocycles. The maximum absolute atomic E-state index is 12.5. The summed E-state index contributed by atoms with van der Waals surface area (Å²) in [6.45, 7) is 23.9. The molecule has 0 fully saturated rings. The van der Waals surface area contributed by atoms with E-state index in [9.17, 15) is 14.7 Å². The fraction of sp³-hybridized carbons (Fsp3) is 0.286. The Hall–Kier alpha value is -3.60. The second-order valence-corrected chi connectivity index (χ2v) is 9.03. The van der Waals surface area contributed by atoms with Crippen molar-refractivity contribution in [2.45, 2.75) is 53.7 Å². The SMILES string of the molecule is C=C(/C=C\C(=C)C(=C)/C(=C\C)C(=O)OC(C)(C)C)Cn1c(C)c(C)c2cc(C(=O)O)ccc21. The fourth-order valence-corrected chi connectivity index (χ4v) is 3.48. The molecular formula is C28H33NO4. The van der Waals surface area contributed by atoms with Crippen molar-refractivity contribution >= 4 is 22.8 Å². The van der Waals surface area contributed by atoms with Crippen LogP contribution in [-0.4, -0.2) is 27.2 Å². The Kier molecular flexibility index (Phi) is 7.70. The van der Waals surface area contributed by atoms with Crippen molar-refractivity contribution in [3.05, 3.63) is 95.3 Å². The van der Waals surface area contributed by atoms with Crippen LogP contribution >= 0.6 is 0 Å². The third kappa shape index (κ3) is 6.01. The van der Waals surface area contributed by atoms with E-state index in [2.05, 4.69) is 24.3 Å². The van der Waals surface area contributed by atoms with E-state index in [0.29, 0.717) is 23.3 Å². The number of aromatic carboxylic acids is 1. The molecule has 2 aromatic rings. The number of allylic oxidation sites excluding steroid dienone is 5. The zero-order chi connectivity index (χ0) is 25.1. The molecule has 0 amide bonds. The molecular weight excluding hydrogens is 414 g/mol. The maximum Gasteiger partial charge on any atom is 0.338 e. The number of fused-ring (bicyclic) bond motifs is 1. The van der Waals surface area contributed by atoms with Gasteiger partial charge in [0.1, 0.15) is 5.60 Å². The second kappa shape index (κ2) is 9.90. The van der Waals surface area contributed by atoms with Gasteiger partial charge >= 0.3 is 11.9 Å². The number of carbonyl (C=O) groups excluding carboxylic acids is 1. The Bertz CT molecular complexity index is 1210. The number of carbonyl (C=O) groups is 2. The molecule has 0 radical (unpaired) electrons. The molecule has 0 unspecified atom stereocenters. The number of carboxylic acid groups (broad SMARTS) is 1. The Morgan fingerprint density at radius 3 is 2.30 bits per heavy atom. The summed E-state index contributed by atoms with van der Waals surface area (Å²) in [6, 6.07) is 5.14. The normalized spacial score (nSPS) is 12.2. The number of hydrogen-bond acceptors (Lipinski definition) is 3. The molecule has 1 heterocycles. The topological polar surface area (TPSA) is 68.5 Å². The highest BCUT2D eigenvalue weighted by Crippen LogP contribution is 2.28. The summed E-state index contributed by atoms with van der Waals surface area (Å²) in [5, 5.41) is 10.2. The molecule has 0 aliphatic heterocycles. The standard InChI is InChI=1S/C28H33NO4/c1-10-23(27(32)33-28(7,8)9)19(4)18(3)12-11-17(2)16-29-21(6)20(5)24-15-22(26(30)31)13-14-25(24)29/h10-15H,2-4,16H2,1,5-9H3,(H,30,31)/b12-11-,23-10+. The summed E-state index contributed by atoms with van der Waals surface area (Å²) in [5.74, 6) is -1.38. The van der Waals surface area contributed by atoms with Gasteiger partial charge in [-0.15, -0.1) is 0 Å². The third-order valence-electron chi connectivity index (χ3n) is 5.39. The molecule has 33 heavy (non-hydrogen) atoms. The van der Waals surface area contributed by atoms with Gasteiger partial charge in [-0.3, -0.25) is 0 Å². The zero-order valence-electron chi connectivity index (χ0n) is 20.4. The quantitative estimate of drug-likeness (QED) is 0.286. The van der Waals surface area contributed by atoms with E-state index in [4.69, 9.17) is 4.74 Å². The maximum atomic E-state index is 12.5. The predicted octanol–water partition coefficient (Wildman–Crippen LogP) is 6.47. The van der Waals surface area contributed by atoms with E-state index >= 15 is 0 Å². The van der Waals surface area contributed by atoms with E-state index in [1.165, 1.54) is 0 Å². The van der Waals surface area contributed by atoms with Gasteiger partial charge in [0, 0.05) is 23.1 Å². The van der Waals surface area contributed by atoms with E-state index in [0.717, 1.165) is 27.7 Å². The van der Waals surface area contributed by atoms with Crippen LogP contribution in [0.15, 0.2) is 78.5 Å². The van der Waals surface area contributed by atoms with E-state index < -0.39 is 17.5 Å². The van der Waals surface area contributed by atoms with Crippen LogP contribution in [-0.2, 0) is 16.1 Å². The number of rotatable bonds is 8. The minimum absolute atomic E-state index is 0.265. The first-order valence-corrected chi connectivity index (χ1v) is 10.7. The van der Waals surface area contributed by atoms with Crippen molar-refractivity contribution < 1.29 is 19.4 Å². The van der Waals surface area contributed by atoms with Gasteiger partial charge in [-0.25, -0.2) is 9.59 Å². The molecule has 1 aromatic carbocycles. The van der Waals surface area contributed by atoms with Crippen molar-refractivity contribution in [2.24, 2.45) is 0 Å². The summed E-state index contributed by atoms with van der Waals surface area (Å²) in [5.41, 5.74) is 4.99. The highest BCUT2D eigenvalue weighted by Gasteiger charge is 2.21. The highest BCUT2D eigenvalue weighted by atomic mass is 16.6. The first-order valence-electron chi connectivity index (χ1n) is 10.7. The van der Waals surface area contributed by atoms with Crippen molar-refractivity contribution in [3.63, 3.8) is 0 Å². The van der Waals surface area contributed by atoms with Crippen LogP contribution in [0.5, 0.6) is 0 Å². The number of benzene rings is 1. The number of nitrogens with zero attached hydrogens (tertiary/aromatic N) is 1. The molecule has 174 valence electrons. The Balaban J connectivity index is 2.20. The molecule has 0 aliphatic rings. The molecule has 0 saturated heterocycles. The Morgan fingerprint density at radius 1 is 1.12 bits per heavy atom. The summed E-state index contributed by atoms with van der Waals surface area (Å²) in [6.07, 6.45) is 5.31. The van der Waals surface area contributed by atoms with Crippen molar-refractivity contribution in [1.29, 1.82) is 0 Å². The Labute approximate surface area is 196 Å². The van der Waals surface area contributed by atoms with Crippen LogP contribution in [0.1, 0.15) is 49.3 Å². The van der Waals surface area contributed by atoms with Gasteiger partial charge in [-0.2, -0.15) is 0 Å². The second-order valence-electron chi connectivity index (χ2n) is 9.03. The zero-order valence-corrected chi connectivity index (χ0v) is 20.4. The lowest BCUT2D eigenvalue weighted by Gasteiger charge is -2.21. The summed E-state index contributed by atoms with van der Waals surface area (Å²) < 4.78 is 7.57. The largest absolute Gasteiger partial charge is 0.478 e. The Morgan fingerprint density at radius 2 is 1.76 bits per heavy atom. The van der Waals surface area contributed by atoms with Gasteiger partial charge in [0.25, 0.3) is 0 Å². The average molecular weight is 448 g/mol. The number of ether oxygens (including phenoxy) is 1. The van der Waals surface area contributed by atoms with Crippen molar-refractivity contribution in [2.75, 3.05) is 0 Å². The highest BCUT2D eigenvalue weighted by molar-refractivity contribution is 5.96. The first kappa shape index (κ1) is 25.7. The van der Waals surface area contributed by atoms with Gasteiger partial charge < -0.3 is 14.4 Å². The molecule has 0 atom stereocenters. The van der Waals surface area contributed by atoms with E-state index in [-0.39, 0.29) is 5.56 Å². The smallest absolute Gasteiger partial charge is 0.338 e. The number of aromatic nitrogens is 1. The lowest BCUT2D eigenvalue weighted by Crippen LogP contribution is -2.25. The number of esters is 1. The van der Waals surface area contributed by atoms with Gasteiger partial charge in [0.2, 0.25) is 0 Å². The van der Waals surface area contributed by atoms with Crippen LogP contribution in [0.4, 0.5) is 0 Å². The van der Waals surface area contributed by atoms with Gasteiger partial charge in [-0.05, 0) is 82.0 Å². The minimum Gasteiger partial charge on any atom is -0.478 e. The molecule has 1 aromatic heterocycles. The molecule has 2 rings (SSSR count). The number of hydrogen-bond donors (Lipinski definition) is 1. The summed E-state index contributed by atoms with van der Waals surface area (Å²) in [4.78, 5) is 23.8. The molecule has 5 heteroatoms. The average Bonchev–Trinajstić information content (AvgIpc) is 2.95. The fourth-order valence-electron chi connectivity index (χ4n) is 3.48. The third-order valence-corrected chi connectivity index (χ3v) is 5.39. The van der Waals surface area contributed by atoms with Crippen LogP contribution < -0.4 is 0 Å². The first-order chi connectivity index (χ1) is 15.3.